The van der Waals surface area contributed by atoms with Crippen molar-refractivity contribution in [3.05, 3.63) is 47.5 Å². The van der Waals surface area contributed by atoms with Gasteiger partial charge in [-0.3, -0.25) is 0 Å². The highest BCUT2D eigenvalue weighted by atomic mass is 35.5. The molecule has 0 spiro atoms. The van der Waals surface area contributed by atoms with Crippen LogP contribution in [-0.2, 0) is 0 Å². The molecule has 110 valence electrons. The van der Waals surface area contributed by atoms with Crippen LogP contribution in [0.3, 0.4) is 0 Å². The van der Waals surface area contributed by atoms with Gasteiger partial charge in [-0.1, -0.05) is 11.6 Å². The van der Waals surface area contributed by atoms with Gasteiger partial charge in [-0.05, 0) is 60.9 Å². The number of anilines is 2. The van der Waals surface area contributed by atoms with Crippen LogP contribution in [0.4, 0.5) is 11.4 Å². The Morgan fingerprint density at radius 2 is 1.71 bits per heavy atom. The molecule has 0 aliphatic heterocycles. The molecule has 0 fully saturated rings. The van der Waals surface area contributed by atoms with Gasteiger partial charge in [0.05, 0.1) is 12.1 Å². The van der Waals surface area contributed by atoms with E-state index in [-0.39, 0.29) is 0 Å². The van der Waals surface area contributed by atoms with Crippen molar-refractivity contribution >= 4 is 52.1 Å². The number of nitrogens with one attached hydrogen (secondary N) is 2. The van der Waals surface area contributed by atoms with Crippen molar-refractivity contribution in [3.63, 3.8) is 0 Å². The summed E-state index contributed by atoms with van der Waals surface area (Å²) in [6.45, 7) is 0. The first kappa shape index (κ1) is 15.9. The van der Waals surface area contributed by atoms with E-state index >= 15 is 0 Å². The lowest BCUT2D eigenvalue weighted by Gasteiger charge is -2.12. The first-order valence-electron chi connectivity index (χ1n) is 6.18. The number of rotatable bonds is 4. The molecule has 0 atom stereocenters. The Hall–Kier alpha value is -1.43. The highest BCUT2D eigenvalue weighted by Gasteiger charge is 2.04. The maximum atomic E-state index is 6.08. The third kappa shape index (κ3) is 4.52. The Morgan fingerprint density at radius 1 is 1.10 bits per heavy atom. The molecule has 2 N–H and O–H groups in total. The van der Waals surface area contributed by atoms with E-state index in [1.54, 1.807) is 31.0 Å². The van der Waals surface area contributed by atoms with Crippen molar-refractivity contribution in [2.75, 3.05) is 24.0 Å². The average Bonchev–Trinajstić information content (AvgIpc) is 2.48. The molecule has 3 nitrogen and oxygen atoms in total. The van der Waals surface area contributed by atoms with E-state index in [1.807, 2.05) is 36.6 Å². The van der Waals surface area contributed by atoms with E-state index in [1.165, 1.54) is 4.90 Å². The van der Waals surface area contributed by atoms with Crippen LogP contribution in [0.25, 0.3) is 0 Å². The number of hydrogen-bond donors (Lipinski definition) is 2. The van der Waals surface area contributed by atoms with Gasteiger partial charge in [-0.2, -0.15) is 0 Å². The fourth-order valence-corrected chi connectivity index (χ4v) is 2.61. The van der Waals surface area contributed by atoms with Gasteiger partial charge in [0.2, 0.25) is 0 Å². The van der Waals surface area contributed by atoms with Gasteiger partial charge in [0.15, 0.2) is 5.11 Å². The Bertz CT molecular complexity index is 632. The zero-order valence-corrected chi connectivity index (χ0v) is 14.0. The smallest absolute Gasteiger partial charge is 0.175 e. The topological polar surface area (TPSA) is 33.3 Å². The van der Waals surface area contributed by atoms with E-state index in [9.17, 15) is 0 Å². The fourth-order valence-electron chi connectivity index (χ4n) is 1.71. The molecule has 0 aliphatic rings. The Balaban J connectivity index is 1.99. The number of thioether (sulfide) groups is 1. The van der Waals surface area contributed by atoms with Gasteiger partial charge in [0, 0.05) is 16.3 Å². The molecule has 0 amide bonds. The zero-order valence-electron chi connectivity index (χ0n) is 11.6. The lowest BCUT2D eigenvalue weighted by atomic mass is 10.3. The van der Waals surface area contributed by atoms with Gasteiger partial charge in [-0.15, -0.1) is 11.8 Å². The van der Waals surface area contributed by atoms with Crippen molar-refractivity contribution in [1.82, 2.24) is 0 Å². The molecular weight excluding hydrogens is 324 g/mol. The molecule has 0 saturated heterocycles. The molecule has 2 rings (SSSR count). The number of hydrogen-bond acceptors (Lipinski definition) is 3. The SMILES string of the molecule is COc1ccc(NC(=S)Nc2ccc(SC)cc2)cc1Cl. The minimum Gasteiger partial charge on any atom is -0.495 e. The largest absolute Gasteiger partial charge is 0.495 e. The van der Waals surface area contributed by atoms with Gasteiger partial charge < -0.3 is 15.4 Å². The predicted molar refractivity (Wildman–Crippen MR) is 96.1 cm³/mol. The van der Waals surface area contributed by atoms with Crippen molar-refractivity contribution < 1.29 is 4.74 Å². The monoisotopic (exact) mass is 338 g/mol. The van der Waals surface area contributed by atoms with Gasteiger partial charge in [0.25, 0.3) is 0 Å². The molecule has 0 saturated carbocycles. The lowest BCUT2D eigenvalue weighted by Crippen LogP contribution is -2.18. The lowest BCUT2D eigenvalue weighted by molar-refractivity contribution is 0.415. The summed E-state index contributed by atoms with van der Waals surface area (Å²) < 4.78 is 5.11. The maximum Gasteiger partial charge on any atom is 0.175 e. The summed E-state index contributed by atoms with van der Waals surface area (Å²) in [5.41, 5.74) is 1.74. The van der Waals surface area contributed by atoms with Crippen LogP contribution in [-0.4, -0.2) is 18.5 Å². The van der Waals surface area contributed by atoms with E-state index in [2.05, 4.69) is 10.6 Å². The van der Waals surface area contributed by atoms with Crippen molar-refractivity contribution in [1.29, 1.82) is 0 Å². The van der Waals surface area contributed by atoms with Crippen LogP contribution >= 0.6 is 35.6 Å². The first-order chi connectivity index (χ1) is 10.1. The van der Waals surface area contributed by atoms with Crippen molar-refractivity contribution in [2.24, 2.45) is 0 Å². The number of halogens is 1. The summed E-state index contributed by atoms with van der Waals surface area (Å²) in [5, 5.41) is 7.26. The predicted octanol–water partition coefficient (Wildman–Crippen LogP) is 4.88. The van der Waals surface area contributed by atoms with E-state index in [0.717, 1.165) is 11.4 Å². The van der Waals surface area contributed by atoms with Gasteiger partial charge in [0.1, 0.15) is 5.75 Å². The molecule has 0 aliphatic carbocycles. The highest BCUT2D eigenvalue weighted by Crippen LogP contribution is 2.27. The molecular formula is C15H15ClN2OS2. The maximum absolute atomic E-state index is 6.08. The molecule has 2 aromatic carbocycles. The number of ether oxygens (including phenoxy) is 1. The Labute approximate surface area is 139 Å². The molecule has 6 heteroatoms. The zero-order chi connectivity index (χ0) is 15.2. The van der Waals surface area contributed by atoms with Crippen LogP contribution in [0.5, 0.6) is 5.75 Å². The summed E-state index contributed by atoms with van der Waals surface area (Å²) in [4.78, 5) is 1.21. The van der Waals surface area contributed by atoms with Crippen molar-refractivity contribution in [2.45, 2.75) is 4.90 Å². The quantitative estimate of drug-likeness (QED) is 0.613. The third-order valence-corrected chi connectivity index (χ3v) is 4.00. The molecule has 2 aromatic rings. The molecule has 0 heterocycles. The van der Waals surface area contributed by atoms with Crippen molar-refractivity contribution in [3.8, 4) is 5.75 Å². The summed E-state index contributed by atoms with van der Waals surface area (Å²) in [6.07, 6.45) is 2.04. The van der Waals surface area contributed by atoms with Gasteiger partial charge in [-0.25, -0.2) is 0 Å². The average molecular weight is 339 g/mol. The molecule has 0 aromatic heterocycles. The van der Waals surface area contributed by atoms with Crippen LogP contribution in [0.1, 0.15) is 0 Å². The normalized spacial score (nSPS) is 10.0. The van der Waals surface area contributed by atoms with Crippen LogP contribution in [0.2, 0.25) is 5.02 Å². The van der Waals surface area contributed by atoms with Crippen LogP contribution in [0, 0.1) is 0 Å². The summed E-state index contributed by atoms with van der Waals surface area (Å²) in [7, 11) is 1.58. The standard InChI is InChI=1S/C15H15ClN2OS2/c1-19-14-8-5-11(9-13(14)16)18-15(20)17-10-3-6-12(21-2)7-4-10/h3-9H,1-2H3,(H2,17,18,20). The van der Waals surface area contributed by atoms with Gasteiger partial charge >= 0.3 is 0 Å². The molecule has 0 radical (unpaired) electrons. The summed E-state index contributed by atoms with van der Waals surface area (Å²) in [5.74, 6) is 0.633. The third-order valence-electron chi connectivity index (χ3n) is 2.76. The number of benzene rings is 2. The second-order valence-corrected chi connectivity index (χ2v) is 5.85. The molecule has 0 unspecified atom stereocenters. The second kappa shape index (κ2) is 7.54. The first-order valence-corrected chi connectivity index (χ1v) is 8.19. The summed E-state index contributed by atoms with van der Waals surface area (Å²) in [6, 6.07) is 13.5. The highest BCUT2D eigenvalue weighted by molar-refractivity contribution is 7.98. The number of thiocarbonyl (C=S) groups is 1. The molecule has 0 bridgehead atoms. The fraction of sp³-hybridized carbons (Fsp3) is 0.133. The minimum atomic E-state index is 0.508. The molecule has 21 heavy (non-hydrogen) atoms. The number of methoxy groups -OCH3 is 1. The van der Waals surface area contributed by atoms with Crippen LogP contribution < -0.4 is 15.4 Å². The van der Waals surface area contributed by atoms with E-state index in [0.29, 0.717) is 15.9 Å². The minimum absolute atomic E-state index is 0.508. The van der Waals surface area contributed by atoms with E-state index < -0.39 is 0 Å². The Kier molecular flexibility index (Phi) is 5.73. The summed E-state index contributed by atoms with van der Waals surface area (Å²) >= 11 is 13.1. The second-order valence-electron chi connectivity index (χ2n) is 4.16. The van der Waals surface area contributed by atoms with E-state index in [4.69, 9.17) is 28.6 Å². The van der Waals surface area contributed by atoms with Crippen LogP contribution in [0.15, 0.2) is 47.4 Å². The Morgan fingerprint density at radius 3 is 2.29 bits per heavy atom.